The van der Waals surface area contributed by atoms with E-state index in [1.165, 1.54) is 6.08 Å². The van der Waals surface area contributed by atoms with Crippen LogP contribution in [0.25, 0.3) is 6.08 Å². The molecule has 1 atom stereocenters. The number of nitrogens with zero attached hydrogens (tertiary/aromatic N) is 1. The first-order valence-electron chi connectivity index (χ1n) is 7.78. The standard InChI is InChI=1S/C19H22N2O2/c1-16(18-8-3-2-4-9-18)23-14-6-13-21-19(22)11-10-17-7-5-12-20-15-17/h2-5,7-12,15-16H,6,13-14H2,1H3,(H,21,22)/b11-10+. The van der Waals surface area contributed by atoms with Gasteiger partial charge in [-0.1, -0.05) is 36.4 Å². The highest BCUT2D eigenvalue weighted by atomic mass is 16.5. The molecule has 1 heterocycles. The monoisotopic (exact) mass is 310 g/mol. The van der Waals surface area contributed by atoms with E-state index in [0.717, 1.165) is 17.5 Å². The van der Waals surface area contributed by atoms with E-state index in [4.69, 9.17) is 4.74 Å². The van der Waals surface area contributed by atoms with Gasteiger partial charge in [-0.15, -0.1) is 0 Å². The zero-order chi connectivity index (χ0) is 16.3. The highest BCUT2D eigenvalue weighted by Gasteiger charge is 2.04. The first-order chi connectivity index (χ1) is 11.3. The lowest BCUT2D eigenvalue weighted by atomic mass is 10.1. The maximum absolute atomic E-state index is 11.7. The van der Waals surface area contributed by atoms with Gasteiger partial charge in [0.15, 0.2) is 0 Å². The number of amides is 1. The van der Waals surface area contributed by atoms with Gasteiger partial charge >= 0.3 is 0 Å². The number of nitrogens with one attached hydrogen (secondary N) is 1. The Kier molecular flexibility index (Phi) is 7.01. The fourth-order valence-electron chi connectivity index (χ4n) is 2.07. The van der Waals surface area contributed by atoms with E-state index >= 15 is 0 Å². The predicted octanol–water partition coefficient (Wildman–Crippen LogP) is 3.38. The molecule has 0 saturated heterocycles. The minimum atomic E-state index is -0.107. The molecule has 0 fully saturated rings. The van der Waals surface area contributed by atoms with Crippen LogP contribution in [-0.2, 0) is 9.53 Å². The van der Waals surface area contributed by atoms with E-state index < -0.39 is 0 Å². The Morgan fingerprint density at radius 3 is 2.83 bits per heavy atom. The molecule has 0 spiro atoms. The molecule has 0 aliphatic heterocycles. The van der Waals surface area contributed by atoms with Gasteiger partial charge in [0.25, 0.3) is 0 Å². The molecule has 1 unspecified atom stereocenters. The van der Waals surface area contributed by atoms with E-state index in [-0.39, 0.29) is 12.0 Å². The summed E-state index contributed by atoms with van der Waals surface area (Å²) in [6.07, 6.45) is 7.53. The number of aromatic nitrogens is 1. The Hall–Kier alpha value is -2.46. The highest BCUT2D eigenvalue weighted by Crippen LogP contribution is 2.15. The first kappa shape index (κ1) is 16.9. The van der Waals surface area contributed by atoms with E-state index in [1.54, 1.807) is 18.5 Å². The second-order valence-corrected chi connectivity index (χ2v) is 5.19. The molecule has 2 rings (SSSR count). The molecule has 1 aromatic heterocycles. The summed E-state index contributed by atoms with van der Waals surface area (Å²) in [7, 11) is 0. The summed E-state index contributed by atoms with van der Waals surface area (Å²) >= 11 is 0. The molecule has 4 heteroatoms. The fourth-order valence-corrected chi connectivity index (χ4v) is 2.07. The average molecular weight is 310 g/mol. The van der Waals surface area contributed by atoms with Crippen LogP contribution >= 0.6 is 0 Å². The third-order valence-corrected chi connectivity index (χ3v) is 3.37. The van der Waals surface area contributed by atoms with Gasteiger partial charge in [-0.05, 0) is 36.6 Å². The third kappa shape index (κ3) is 6.45. The Morgan fingerprint density at radius 1 is 1.26 bits per heavy atom. The first-order valence-corrected chi connectivity index (χ1v) is 7.78. The molecule has 1 aromatic carbocycles. The maximum Gasteiger partial charge on any atom is 0.244 e. The van der Waals surface area contributed by atoms with Gasteiger partial charge in [0.1, 0.15) is 0 Å². The molecule has 0 radical (unpaired) electrons. The number of rotatable bonds is 8. The normalized spacial score (nSPS) is 12.2. The molecule has 23 heavy (non-hydrogen) atoms. The van der Waals surface area contributed by atoms with Crippen molar-refractivity contribution in [1.29, 1.82) is 0 Å². The largest absolute Gasteiger partial charge is 0.374 e. The van der Waals surface area contributed by atoms with E-state index in [1.807, 2.05) is 37.3 Å². The summed E-state index contributed by atoms with van der Waals surface area (Å²) in [5, 5.41) is 2.84. The van der Waals surface area contributed by atoms with Gasteiger partial charge in [-0.3, -0.25) is 9.78 Å². The number of hydrogen-bond donors (Lipinski definition) is 1. The number of pyridine rings is 1. The van der Waals surface area contributed by atoms with Crippen LogP contribution in [0.2, 0.25) is 0 Å². The number of carbonyl (C=O) groups is 1. The summed E-state index contributed by atoms with van der Waals surface area (Å²) in [6, 6.07) is 13.8. The molecular weight excluding hydrogens is 288 g/mol. The second kappa shape index (κ2) is 9.54. The number of ether oxygens (including phenoxy) is 1. The smallest absolute Gasteiger partial charge is 0.244 e. The van der Waals surface area contributed by atoms with Crippen molar-refractivity contribution in [2.75, 3.05) is 13.2 Å². The molecule has 1 N–H and O–H groups in total. The topological polar surface area (TPSA) is 51.2 Å². The quantitative estimate of drug-likeness (QED) is 0.601. The van der Waals surface area contributed by atoms with Crippen LogP contribution in [0.3, 0.4) is 0 Å². The third-order valence-electron chi connectivity index (χ3n) is 3.37. The lowest BCUT2D eigenvalue weighted by Gasteiger charge is -2.13. The fraction of sp³-hybridized carbons (Fsp3) is 0.263. The lowest BCUT2D eigenvalue weighted by Crippen LogP contribution is -2.23. The summed E-state index contributed by atoms with van der Waals surface area (Å²) in [6.45, 7) is 3.24. The van der Waals surface area contributed by atoms with Gasteiger partial charge in [0.05, 0.1) is 6.10 Å². The van der Waals surface area contributed by atoms with E-state index in [0.29, 0.717) is 13.2 Å². The second-order valence-electron chi connectivity index (χ2n) is 5.19. The van der Waals surface area contributed by atoms with Crippen LogP contribution in [0.4, 0.5) is 0 Å². The molecule has 0 aliphatic carbocycles. The van der Waals surface area contributed by atoms with Crippen LogP contribution in [0.15, 0.2) is 60.9 Å². The molecule has 4 nitrogen and oxygen atoms in total. The van der Waals surface area contributed by atoms with Crippen molar-refractivity contribution in [2.24, 2.45) is 0 Å². The predicted molar refractivity (Wildman–Crippen MR) is 91.7 cm³/mol. The van der Waals surface area contributed by atoms with Crippen LogP contribution in [0.1, 0.15) is 30.6 Å². The van der Waals surface area contributed by atoms with Crippen molar-refractivity contribution >= 4 is 12.0 Å². The van der Waals surface area contributed by atoms with Crippen LogP contribution < -0.4 is 5.32 Å². The Bertz CT molecular complexity index is 612. The summed E-state index contributed by atoms with van der Waals surface area (Å²) in [5.41, 5.74) is 2.07. The molecule has 1 amide bonds. The van der Waals surface area contributed by atoms with E-state index in [9.17, 15) is 4.79 Å². The van der Waals surface area contributed by atoms with Crippen molar-refractivity contribution in [2.45, 2.75) is 19.4 Å². The number of hydrogen-bond acceptors (Lipinski definition) is 3. The van der Waals surface area contributed by atoms with Gasteiger partial charge in [0, 0.05) is 31.6 Å². The Labute approximate surface area is 137 Å². The Balaban J connectivity index is 1.60. The average Bonchev–Trinajstić information content (AvgIpc) is 2.61. The molecule has 0 saturated carbocycles. The number of carbonyl (C=O) groups excluding carboxylic acids is 1. The van der Waals surface area contributed by atoms with Crippen molar-refractivity contribution in [1.82, 2.24) is 10.3 Å². The lowest BCUT2D eigenvalue weighted by molar-refractivity contribution is -0.116. The minimum absolute atomic E-state index is 0.0670. The van der Waals surface area contributed by atoms with E-state index in [2.05, 4.69) is 22.4 Å². The van der Waals surface area contributed by atoms with Crippen molar-refractivity contribution in [3.8, 4) is 0 Å². The van der Waals surface area contributed by atoms with Crippen molar-refractivity contribution in [3.63, 3.8) is 0 Å². The molecule has 0 bridgehead atoms. The van der Waals surface area contributed by atoms with Gasteiger partial charge < -0.3 is 10.1 Å². The summed E-state index contributed by atoms with van der Waals surface area (Å²) in [4.78, 5) is 15.7. The Morgan fingerprint density at radius 2 is 2.09 bits per heavy atom. The molecule has 120 valence electrons. The molecule has 0 aliphatic rings. The van der Waals surface area contributed by atoms with Crippen LogP contribution in [0.5, 0.6) is 0 Å². The summed E-state index contributed by atoms with van der Waals surface area (Å²) in [5.74, 6) is -0.107. The van der Waals surface area contributed by atoms with Crippen LogP contribution in [-0.4, -0.2) is 24.0 Å². The number of benzene rings is 1. The molecular formula is C19H22N2O2. The SMILES string of the molecule is CC(OCCCNC(=O)/C=C/c1cccnc1)c1ccccc1. The van der Waals surface area contributed by atoms with Gasteiger partial charge in [-0.25, -0.2) is 0 Å². The van der Waals surface area contributed by atoms with Crippen molar-refractivity contribution in [3.05, 3.63) is 72.1 Å². The van der Waals surface area contributed by atoms with Crippen molar-refractivity contribution < 1.29 is 9.53 Å². The summed E-state index contributed by atoms with van der Waals surface area (Å²) < 4.78 is 5.76. The minimum Gasteiger partial charge on any atom is -0.374 e. The van der Waals surface area contributed by atoms with Gasteiger partial charge in [-0.2, -0.15) is 0 Å². The molecule has 2 aromatic rings. The zero-order valence-electron chi connectivity index (χ0n) is 13.3. The highest BCUT2D eigenvalue weighted by molar-refractivity contribution is 5.91. The van der Waals surface area contributed by atoms with Gasteiger partial charge in [0.2, 0.25) is 5.91 Å². The van der Waals surface area contributed by atoms with Crippen LogP contribution in [0, 0.1) is 0 Å². The zero-order valence-corrected chi connectivity index (χ0v) is 13.3. The maximum atomic E-state index is 11.7.